The zero-order valence-electron chi connectivity index (χ0n) is 15.4. The Morgan fingerprint density at radius 1 is 1.00 bits per heavy atom. The van der Waals surface area contributed by atoms with Crippen molar-refractivity contribution in [3.05, 3.63) is 64.7 Å². The molecular weight excluding hydrogens is 324 g/mol. The van der Waals surface area contributed by atoms with E-state index < -0.39 is 0 Å². The highest BCUT2D eigenvalue weighted by Gasteiger charge is 2.25. The number of nitrogens with zero attached hydrogens (tertiary/aromatic N) is 2. The van der Waals surface area contributed by atoms with Crippen molar-refractivity contribution in [1.82, 2.24) is 4.90 Å². The van der Waals surface area contributed by atoms with Crippen LogP contribution in [0.5, 0.6) is 5.75 Å². The van der Waals surface area contributed by atoms with Crippen LogP contribution in [0.1, 0.15) is 21.5 Å². The molecule has 1 heterocycles. The highest BCUT2D eigenvalue weighted by atomic mass is 16.5. The van der Waals surface area contributed by atoms with Gasteiger partial charge in [0.15, 0.2) is 5.78 Å². The Morgan fingerprint density at radius 2 is 1.73 bits per heavy atom. The zero-order chi connectivity index (χ0) is 18.1. The van der Waals surface area contributed by atoms with Gasteiger partial charge in [0, 0.05) is 49.4 Å². The van der Waals surface area contributed by atoms with E-state index in [9.17, 15) is 4.79 Å². The number of hydrogen-bond donors (Lipinski definition) is 0. The molecule has 1 aliphatic carbocycles. The molecule has 0 saturated carbocycles. The third-order valence-electron chi connectivity index (χ3n) is 5.33. The number of hydrogen-bond acceptors (Lipinski definition) is 4. The van der Waals surface area contributed by atoms with Gasteiger partial charge in [-0.15, -0.1) is 0 Å². The summed E-state index contributed by atoms with van der Waals surface area (Å²) in [5.74, 6) is 0.931. The number of ketones is 1. The molecule has 0 N–H and O–H groups in total. The average Bonchev–Trinajstić information content (AvgIpc) is 2.98. The average molecular weight is 348 g/mol. The summed E-state index contributed by atoms with van der Waals surface area (Å²) in [6, 6.07) is 14.2. The second-order valence-corrected chi connectivity index (χ2v) is 7.08. The molecule has 26 heavy (non-hydrogen) atoms. The van der Waals surface area contributed by atoms with E-state index in [1.165, 1.54) is 5.69 Å². The fourth-order valence-corrected chi connectivity index (χ4v) is 3.69. The Labute approximate surface area is 154 Å². The Bertz CT molecular complexity index is 847. The van der Waals surface area contributed by atoms with Gasteiger partial charge in [-0.05, 0) is 54.6 Å². The van der Waals surface area contributed by atoms with Crippen LogP contribution >= 0.6 is 0 Å². The lowest BCUT2D eigenvalue weighted by Gasteiger charge is -2.34. The van der Waals surface area contributed by atoms with Gasteiger partial charge >= 0.3 is 0 Å². The molecular formula is C22H24N2O2. The number of ether oxygens (including phenoxy) is 1. The number of fused-ring (bicyclic) bond motifs is 1. The van der Waals surface area contributed by atoms with Gasteiger partial charge in [-0.3, -0.25) is 4.79 Å². The van der Waals surface area contributed by atoms with Gasteiger partial charge in [-0.25, -0.2) is 0 Å². The van der Waals surface area contributed by atoms with Crippen molar-refractivity contribution in [3.63, 3.8) is 0 Å². The molecule has 1 aliphatic heterocycles. The molecule has 0 unspecified atom stereocenters. The Balaban J connectivity index is 1.51. The van der Waals surface area contributed by atoms with Gasteiger partial charge in [0.25, 0.3) is 0 Å². The maximum absolute atomic E-state index is 12.6. The molecule has 2 aromatic rings. The second-order valence-electron chi connectivity index (χ2n) is 7.08. The minimum atomic E-state index is 0.130. The van der Waals surface area contributed by atoms with Gasteiger partial charge in [0.2, 0.25) is 0 Å². The number of methoxy groups -OCH3 is 1. The Morgan fingerprint density at radius 3 is 2.42 bits per heavy atom. The fourth-order valence-electron chi connectivity index (χ4n) is 3.69. The number of carbonyl (C=O) groups is 1. The zero-order valence-corrected chi connectivity index (χ0v) is 15.4. The normalized spacial score (nSPS) is 19.1. The molecule has 0 aromatic heterocycles. The van der Waals surface area contributed by atoms with Crippen molar-refractivity contribution in [2.75, 3.05) is 45.2 Å². The van der Waals surface area contributed by atoms with Crippen molar-refractivity contribution in [1.29, 1.82) is 0 Å². The molecule has 0 spiro atoms. The molecule has 4 nitrogen and oxygen atoms in total. The number of piperazine rings is 1. The van der Waals surface area contributed by atoms with Gasteiger partial charge in [-0.1, -0.05) is 12.1 Å². The number of Topliss-reactive ketones (excluding diaryl/α,β-unsaturated/α-hetero) is 1. The molecule has 2 aliphatic rings. The lowest BCUT2D eigenvalue weighted by Crippen LogP contribution is -2.44. The summed E-state index contributed by atoms with van der Waals surface area (Å²) in [4.78, 5) is 17.4. The van der Waals surface area contributed by atoms with E-state index in [1.54, 1.807) is 7.11 Å². The van der Waals surface area contributed by atoms with Crippen LogP contribution in [0, 0.1) is 0 Å². The van der Waals surface area contributed by atoms with Crippen molar-refractivity contribution in [2.24, 2.45) is 0 Å². The first-order valence-corrected chi connectivity index (χ1v) is 9.10. The number of likely N-dealkylation sites (N-methyl/N-ethyl adjacent to an activating group) is 1. The van der Waals surface area contributed by atoms with E-state index in [-0.39, 0.29) is 5.78 Å². The topological polar surface area (TPSA) is 32.8 Å². The SMILES string of the molecule is COc1ccc2c(c1)C/C(=C/c1ccc(N3CCN(C)CC3)cc1)C2=O. The third kappa shape index (κ3) is 3.25. The van der Waals surface area contributed by atoms with Gasteiger partial charge in [0.1, 0.15) is 5.75 Å². The van der Waals surface area contributed by atoms with Crippen molar-refractivity contribution in [3.8, 4) is 5.75 Å². The summed E-state index contributed by atoms with van der Waals surface area (Å²) in [6.45, 7) is 4.32. The number of carbonyl (C=O) groups excluding carboxylic acids is 1. The van der Waals surface area contributed by atoms with Crippen molar-refractivity contribution in [2.45, 2.75) is 6.42 Å². The van der Waals surface area contributed by atoms with Gasteiger partial charge < -0.3 is 14.5 Å². The lowest BCUT2D eigenvalue weighted by atomic mass is 10.1. The maximum Gasteiger partial charge on any atom is 0.189 e. The third-order valence-corrected chi connectivity index (χ3v) is 5.33. The van der Waals surface area contributed by atoms with Crippen molar-refractivity contribution >= 4 is 17.5 Å². The van der Waals surface area contributed by atoms with Crippen LogP contribution in [0.3, 0.4) is 0 Å². The quantitative estimate of drug-likeness (QED) is 0.797. The molecule has 1 saturated heterocycles. The summed E-state index contributed by atoms with van der Waals surface area (Å²) in [5.41, 5.74) is 5.03. The molecule has 2 aromatic carbocycles. The number of allylic oxidation sites excluding steroid dienone is 1. The monoisotopic (exact) mass is 348 g/mol. The summed E-state index contributed by atoms with van der Waals surface area (Å²) < 4.78 is 5.27. The van der Waals surface area contributed by atoms with Gasteiger partial charge in [0.05, 0.1) is 7.11 Å². The van der Waals surface area contributed by atoms with Crippen LogP contribution in [0.25, 0.3) is 6.08 Å². The Hall–Kier alpha value is -2.59. The van der Waals surface area contributed by atoms with Crippen molar-refractivity contribution < 1.29 is 9.53 Å². The minimum Gasteiger partial charge on any atom is -0.497 e. The van der Waals surface area contributed by atoms with Crippen LogP contribution in [-0.4, -0.2) is 51.0 Å². The van der Waals surface area contributed by atoms with Crippen LogP contribution in [0.2, 0.25) is 0 Å². The second kappa shape index (κ2) is 6.96. The summed E-state index contributed by atoms with van der Waals surface area (Å²) in [6.07, 6.45) is 2.69. The first-order chi connectivity index (χ1) is 12.6. The molecule has 1 fully saturated rings. The van der Waals surface area contributed by atoms with E-state index in [1.807, 2.05) is 24.3 Å². The van der Waals surface area contributed by atoms with E-state index >= 15 is 0 Å². The smallest absolute Gasteiger partial charge is 0.189 e. The first kappa shape index (κ1) is 16.9. The maximum atomic E-state index is 12.6. The van der Waals surface area contributed by atoms with E-state index in [4.69, 9.17) is 4.74 Å². The number of benzene rings is 2. The predicted molar refractivity (Wildman–Crippen MR) is 105 cm³/mol. The molecule has 0 bridgehead atoms. The molecule has 4 rings (SSSR count). The molecule has 0 radical (unpaired) electrons. The van der Waals surface area contributed by atoms with Crippen LogP contribution < -0.4 is 9.64 Å². The van der Waals surface area contributed by atoms with Gasteiger partial charge in [-0.2, -0.15) is 0 Å². The molecule has 0 atom stereocenters. The summed E-state index contributed by atoms with van der Waals surface area (Å²) >= 11 is 0. The first-order valence-electron chi connectivity index (χ1n) is 9.10. The predicted octanol–water partition coefficient (Wildman–Crippen LogP) is 3.27. The largest absolute Gasteiger partial charge is 0.497 e. The van der Waals surface area contributed by atoms with E-state index in [2.05, 4.69) is 41.1 Å². The van der Waals surface area contributed by atoms with E-state index in [0.717, 1.165) is 54.2 Å². The van der Waals surface area contributed by atoms with E-state index in [0.29, 0.717) is 6.42 Å². The van der Waals surface area contributed by atoms with Crippen LogP contribution in [0.15, 0.2) is 48.0 Å². The molecule has 4 heteroatoms. The lowest BCUT2D eigenvalue weighted by molar-refractivity contribution is 0.104. The summed E-state index contributed by atoms with van der Waals surface area (Å²) in [5, 5.41) is 0. The Kier molecular flexibility index (Phi) is 4.51. The summed E-state index contributed by atoms with van der Waals surface area (Å²) in [7, 11) is 3.82. The highest BCUT2D eigenvalue weighted by Crippen LogP contribution is 2.31. The minimum absolute atomic E-state index is 0.130. The van der Waals surface area contributed by atoms with Crippen LogP contribution in [-0.2, 0) is 6.42 Å². The fraction of sp³-hybridized carbons (Fsp3) is 0.318. The standard InChI is InChI=1S/C22H24N2O2/c1-23-9-11-24(12-10-23)19-5-3-16(4-6-19)13-18-14-17-15-20(26-2)7-8-21(17)22(18)25/h3-8,13,15H,9-12,14H2,1-2H3/b18-13-. The molecule has 0 amide bonds. The van der Waals surface area contributed by atoms with Crippen LogP contribution in [0.4, 0.5) is 5.69 Å². The highest BCUT2D eigenvalue weighted by molar-refractivity contribution is 6.15. The molecule has 134 valence electrons. The number of rotatable bonds is 3. The number of anilines is 1.